The maximum Gasteiger partial charge on any atom is 0.405 e. The lowest BCUT2D eigenvalue weighted by Crippen LogP contribution is -2.61. The van der Waals surface area contributed by atoms with E-state index in [2.05, 4.69) is 5.32 Å². The number of hydrogen-bond acceptors (Lipinski definition) is 5. The summed E-state index contributed by atoms with van der Waals surface area (Å²) in [5.41, 5.74) is -3.62. The lowest BCUT2D eigenvalue weighted by atomic mass is 10.0. The second kappa shape index (κ2) is 10.4. The molecule has 1 heterocycles. The Hall–Kier alpha value is -1.64. The Bertz CT molecular complexity index is 1000. The summed E-state index contributed by atoms with van der Waals surface area (Å²) in [6.45, 7) is -3.42. The van der Waals surface area contributed by atoms with Crippen LogP contribution in [-0.2, 0) is 14.4 Å². The first-order valence-electron chi connectivity index (χ1n) is 9.43. The highest BCUT2D eigenvalue weighted by Crippen LogP contribution is 2.43. The average Bonchev–Trinajstić information content (AvgIpc) is 2.80. The number of fused-ring (bicyclic) bond motifs is 1. The second-order valence-electron chi connectivity index (χ2n) is 7.63. The lowest BCUT2D eigenvalue weighted by Gasteiger charge is -2.29. The Morgan fingerprint density at radius 1 is 1.17 bits per heavy atom. The number of carbonyl (C=O) groups excluding carboxylic acids is 3. The molecule has 196 valence electrons. The molecule has 0 saturated heterocycles. The summed E-state index contributed by atoms with van der Waals surface area (Å²) in [4.78, 5) is 37.8. The van der Waals surface area contributed by atoms with Crippen LogP contribution in [0.25, 0.3) is 0 Å². The highest BCUT2D eigenvalue weighted by atomic mass is 127. The molecule has 1 aromatic carbocycles. The van der Waals surface area contributed by atoms with Crippen molar-refractivity contribution in [3.05, 3.63) is 24.0 Å². The fourth-order valence-electron chi connectivity index (χ4n) is 2.85. The van der Waals surface area contributed by atoms with Crippen molar-refractivity contribution in [1.82, 2.24) is 10.6 Å². The number of aliphatic hydroxyl groups is 1. The predicted molar refractivity (Wildman–Crippen MR) is 126 cm³/mol. The normalized spacial score (nSPS) is 18.7. The molecule has 2 rings (SSSR count). The number of halogens is 9. The van der Waals surface area contributed by atoms with Gasteiger partial charge < -0.3 is 26.0 Å². The number of nitrogens with one attached hydrogen (secondary N) is 3. The van der Waals surface area contributed by atoms with Crippen LogP contribution < -0.4 is 20.9 Å². The lowest BCUT2D eigenvalue weighted by molar-refractivity contribution is -0.154. The molecular formula is C18H17F7I2N4O4. The van der Waals surface area contributed by atoms with Gasteiger partial charge in [0, 0.05) is 6.54 Å². The molecule has 0 radical (unpaired) electrons. The summed E-state index contributed by atoms with van der Waals surface area (Å²) >= 11 is 1.56. The Morgan fingerprint density at radius 3 is 2.31 bits per heavy atom. The van der Waals surface area contributed by atoms with Gasteiger partial charge in [-0.25, -0.2) is 8.78 Å². The number of alkyl halides is 8. The minimum absolute atomic E-state index is 0.215. The van der Waals surface area contributed by atoms with Gasteiger partial charge in [0.2, 0.25) is 11.5 Å². The summed E-state index contributed by atoms with van der Waals surface area (Å²) in [6.07, 6.45) is -4.77. The summed E-state index contributed by atoms with van der Waals surface area (Å²) in [6, 6.07) is 0.810. The molecule has 2 unspecified atom stereocenters. The Morgan fingerprint density at radius 2 is 1.77 bits per heavy atom. The van der Waals surface area contributed by atoms with Crippen LogP contribution in [0.2, 0.25) is 0 Å². The van der Waals surface area contributed by atoms with Gasteiger partial charge in [-0.2, -0.15) is 22.0 Å². The molecule has 0 aliphatic carbocycles. The average molecular weight is 740 g/mol. The van der Waals surface area contributed by atoms with E-state index in [-0.39, 0.29) is 11.4 Å². The van der Waals surface area contributed by atoms with Crippen molar-refractivity contribution < 1.29 is 50.2 Å². The molecule has 0 bridgehead atoms. The van der Waals surface area contributed by atoms with Crippen molar-refractivity contribution in [1.29, 1.82) is 0 Å². The maximum atomic E-state index is 13.7. The van der Waals surface area contributed by atoms with E-state index in [0.29, 0.717) is 11.8 Å². The molecule has 3 amide bonds. The molecule has 35 heavy (non-hydrogen) atoms. The van der Waals surface area contributed by atoms with E-state index in [1.54, 1.807) is 0 Å². The van der Waals surface area contributed by atoms with E-state index < -0.39 is 68.6 Å². The molecule has 0 spiro atoms. The van der Waals surface area contributed by atoms with Gasteiger partial charge in [0.05, 0.1) is 17.9 Å². The molecule has 1 aromatic rings. The first-order chi connectivity index (χ1) is 15.7. The fraction of sp³-hybridized carbons (Fsp3) is 0.500. The van der Waals surface area contributed by atoms with Crippen molar-refractivity contribution in [2.75, 3.05) is 29.9 Å². The molecule has 8 nitrogen and oxygen atoms in total. The summed E-state index contributed by atoms with van der Waals surface area (Å²) in [7, 11) is 0. The minimum Gasteiger partial charge on any atom is -0.372 e. The van der Waals surface area contributed by atoms with Crippen LogP contribution in [0.15, 0.2) is 18.2 Å². The zero-order valence-electron chi connectivity index (χ0n) is 17.5. The maximum absolute atomic E-state index is 13.7. The predicted octanol–water partition coefficient (Wildman–Crippen LogP) is 2.63. The molecular weight excluding hydrogens is 723 g/mol. The third kappa shape index (κ3) is 7.43. The van der Waals surface area contributed by atoms with Gasteiger partial charge in [-0.15, -0.1) is 0 Å². The van der Waals surface area contributed by atoms with Crippen molar-refractivity contribution in [2.45, 2.75) is 32.3 Å². The van der Waals surface area contributed by atoms with Crippen LogP contribution in [-0.4, -0.2) is 67.9 Å². The third-order valence-electron chi connectivity index (χ3n) is 4.72. The first-order valence-corrected chi connectivity index (χ1v) is 11.6. The third-order valence-corrected chi connectivity index (χ3v) is 6.30. The highest BCUT2D eigenvalue weighted by Gasteiger charge is 2.52. The fourth-order valence-corrected chi connectivity index (χ4v) is 3.23. The Balaban J connectivity index is 2.22. The second-order valence-corrected chi connectivity index (χ2v) is 12.7. The van der Waals surface area contributed by atoms with E-state index in [1.807, 2.05) is 5.32 Å². The van der Waals surface area contributed by atoms with Crippen LogP contribution in [0.1, 0.15) is 6.92 Å². The number of benzene rings is 1. The van der Waals surface area contributed by atoms with Gasteiger partial charge in [0.1, 0.15) is 18.4 Å². The van der Waals surface area contributed by atoms with Crippen LogP contribution >= 0.6 is 45.2 Å². The van der Waals surface area contributed by atoms with Crippen molar-refractivity contribution in [2.24, 2.45) is 0 Å². The molecule has 0 aromatic heterocycles. The zero-order valence-corrected chi connectivity index (χ0v) is 21.8. The number of hydrogen-bond donors (Lipinski definition) is 4. The molecule has 1 aliphatic rings. The van der Waals surface area contributed by atoms with Crippen molar-refractivity contribution in [3.8, 4) is 0 Å². The molecule has 1 aliphatic heterocycles. The largest absolute Gasteiger partial charge is 0.405 e. The highest BCUT2D eigenvalue weighted by molar-refractivity contribution is 14.2. The van der Waals surface area contributed by atoms with Gasteiger partial charge in [-0.1, -0.05) is 0 Å². The molecule has 0 saturated carbocycles. The van der Waals surface area contributed by atoms with Gasteiger partial charge in [-0.05, 0) is 70.3 Å². The van der Waals surface area contributed by atoms with Gasteiger partial charge in [0.25, 0.3) is 13.5 Å². The SMILES string of the molecule is CC(O)(C(=O)NCC(F)(F)C(F)(I)I)C(=O)NC1CN(CC(F)(F)F)c2ccc(F)cc2NC1=O. The van der Waals surface area contributed by atoms with Gasteiger partial charge >= 0.3 is 12.1 Å². The number of rotatable bonds is 7. The standard InChI is InChI=1S/C18H17F7I2N4O4/c1-15(35,13(33)28-6-16(20,21)18(25,26)27)14(34)30-10-5-31(7-17(22,23)24)11-3-2-8(19)4-9(11)29-12(10)32/h2-4,10,35H,5-7H2,1H3,(H,28,33)(H,29,32)(H,30,34). The quantitative estimate of drug-likeness (QED) is 0.149. The zero-order chi connectivity index (χ0) is 27.0. The van der Waals surface area contributed by atoms with E-state index in [9.17, 15) is 50.2 Å². The smallest absolute Gasteiger partial charge is 0.372 e. The Labute approximate surface area is 220 Å². The van der Waals surface area contributed by atoms with Crippen LogP contribution in [0.4, 0.5) is 42.1 Å². The summed E-state index contributed by atoms with van der Waals surface area (Å²) in [5, 5.41) is 15.8. The number of carbonyl (C=O) groups is 3. The van der Waals surface area contributed by atoms with E-state index >= 15 is 0 Å². The van der Waals surface area contributed by atoms with Crippen molar-refractivity contribution in [3.63, 3.8) is 0 Å². The number of amides is 3. The van der Waals surface area contributed by atoms with Gasteiger partial charge in [0.15, 0.2) is 0 Å². The Kier molecular flexibility index (Phi) is 8.78. The van der Waals surface area contributed by atoms with E-state index in [4.69, 9.17) is 0 Å². The van der Waals surface area contributed by atoms with Crippen LogP contribution in [0, 0.1) is 5.82 Å². The van der Waals surface area contributed by atoms with Gasteiger partial charge in [-0.3, -0.25) is 14.4 Å². The monoisotopic (exact) mass is 740 g/mol. The minimum atomic E-state index is -4.77. The number of anilines is 2. The van der Waals surface area contributed by atoms with E-state index in [0.717, 1.165) is 63.4 Å². The van der Waals surface area contributed by atoms with Crippen LogP contribution in [0.3, 0.4) is 0 Å². The molecule has 0 fully saturated rings. The summed E-state index contributed by atoms with van der Waals surface area (Å²) in [5.74, 6) is -9.37. The molecule has 17 heteroatoms. The number of nitrogens with zero attached hydrogens (tertiary/aromatic N) is 1. The van der Waals surface area contributed by atoms with Crippen molar-refractivity contribution >= 4 is 74.3 Å². The topological polar surface area (TPSA) is 111 Å². The summed E-state index contributed by atoms with van der Waals surface area (Å²) < 4.78 is 90.8. The molecule has 4 N–H and O–H groups in total. The first kappa shape index (κ1) is 29.6. The molecule has 2 atom stereocenters. The van der Waals surface area contributed by atoms with E-state index in [1.165, 1.54) is 5.32 Å². The van der Waals surface area contributed by atoms with Crippen LogP contribution in [0.5, 0.6) is 0 Å².